The smallest absolute Gasteiger partial charge is 0.251 e. The minimum absolute atomic E-state index is 0.0574. The van der Waals surface area contributed by atoms with E-state index >= 15 is 0 Å². The van der Waals surface area contributed by atoms with Crippen molar-refractivity contribution in [2.24, 2.45) is 5.92 Å². The molecule has 0 spiro atoms. The summed E-state index contributed by atoms with van der Waals surface area (Å²) >= 11 is 0. The summed E-state index contributed by atoms with van der Waals surface area (Å²) in [7, 11) is 3.25. The van der Waals surface area contributed by atoms with Crippen LogP contribution in [0.4, 0.5) is 0 Å². The van der Waals surface area contributed by atoms with Crippen LogP contribution < -0.4 is 20.1 Å². The summed E-state index contributed by atoms with van der Waals surface area (Å²) in [6, 6.07) is 12.4. The molecule has 2 aliphatic rings. The molecule has 1 aliphatic carbocycles. The van der Waals surface area contributed by atoms with E-state index in [2.05, 4.69) is 36.6 Å². The minimum Gasteiger partial charge on any atom is -0.497 e. The number of methoxy groups -OCH3 is 2. The number of carbonyl (C=O) groups excluding carboxylic acids is 1. The molecule has 29 heavy (non-hydrogen) atoms. The van der Waals surface area contributed by atoms with Crippen LogP contribution in [0.5, 0.6) is 11.5 Å². The highest BCUT2D eigenvalue weighted by Gasteiger charge is 2.45. The second-order valence-corrected chi connectivity index (χ2v) is 8.45. The van der Waals surface area contributed by atoms with Crippen LogP contribution in [0.25, 0.3) is 0 Å². The fourth-order valence-corrected chi connectivity index (χ4v) is 4.93. The Morgan fingerprint density at radius 1 is 1.21 bits per heavy atom. The number of benzene rings is 2. The molecule has 1 saturated heterocycles. The number of amides is 1. The number of carbonyl (C=O) groups is 1. The molecule has 2 aromatic carbocycles. The SMILES string of the molecule is COc1ccc(CNC(=O)c2ccc3c(c2)C2(C)CCNC(C3)C2C)c(OC)c1. The fraction of sp³-hybridized carbons (Fsp3) is 0.458. The summed E-state index contributed by atoms with van der Waals surface area (Å²) < 4.78 is 10.7. The van der Waals surface area contributed by atoms with Gasteiger partial charge in [-0.15, -0.1) is 0 Å². The Morgan fingerprint density at radius 2 is 2.03 bits per heavy atom. The summed E-state index contributed by atoms with van der Waals surface area (Å²) in [5, 5.41) is 6.70. The lowest BCUT2D eigenvalue weighted by Gasteiger charge is -2.50. The number of rotatable bonds is 5. The quantitative estimate of drug-likeness (QED) is 0.816. The second-order valence-electron chi connectivity index (χ2n) is 8.45. The zero-order valence-corrected chi connectivity index (χ0v) is 17.7. The number of fused-ring (bicyclic) bond motifs is 4. The Bertz CT molecular complexity index is 926. The lowest BCUT2D eigenvalue weighted by atomic mass is 9.59. The summed E-state index contributed by atoms with van der Waals surface area (Å²) in [5.41, 5.74) is 4.48. The van der Waals surface area contributed by atoms with Crippen molar-refractivity contribution in [3.05, 3.63) is 58.7 Å². The lowest BCUT2D eigenvalue weighted by molar-refractivity contribution is 0.0950. The van der Waals surface area contributed by atoms with Crippen LogP contribution in [0, 0.1) is 5.92 Å². The van der Waals surface area contributed by atoms with E-state index in [0.29, 0.717) is 24.3 Å². The van der Waals surface area contributed by atoms with Gasteiger partial charge in [-0.25, -0.2) is 0 Å². The average Bonchev–Trinajstić information content (AvgIpc) is 2.74. The standard InChI is InChI=1S/C24H30N2O3/c1-15-21-12-16-5-6-17(11-20(16)24(15,2)9-10-25-21)23(27)26-14-18-7-8-19(28-3)13-22(18)29-4/h5-8,11,13,15,21,25H,9-10,12,14H2,1-4H3,(H,26,27). The van der Waals surface area contributed by atoms with Gasteiger partial charge in [0.25, 0.3) is 5.91 Å². The van der Waals surface area contributed by atoms with Crippen LogP contribution in [-0.4, -0.2) is 32.7 Å². The van der Waals surface area contributed by atoms with E-state index in [-0.39, 0.29) is 11.3 Å². The third kappa shape index (κ3) is 3.48. The maximum atomic E-state index is 12.9. The number of hydrogen-bond acceptors (Lipinski definition) is 4. The molecule has 2 bridgehead atoms. The molecule has 2 aromatic rings. The average molecular weight is 395 g/mol. The molecule has 5 nitrogen and oxygen atoms in total. The van der Waals surface area contributed by atoms with Gasteiger partial charge in [0.1, 0.15) is 11.5 Å². The van der Waals surface area contributed by atoms with Gasteiger partial charge in [0.2, 0.25) is 0 Å². The van der Waals surface area contributed by atoms with Crippen LogP contribution in [0.2, 0.25) is 0 Å². The number of nitrogens with one attached hydrogen (secondary N) is 2. The van der Waals surface area contributed by atoms with Crippen molar-refractivity contribution >= 4 is 5.91 Å². The Balaban J connectivity index is 1.54. The van der Waals surface area contributed by atoms with Gasteiger partial charge in [-0.05, 0) is 66.1 Å². The topological polar surface area (TPSA) is 59.6 Å². The third-order valence-corrected chi connectivity index (χ3v) is 7.02. The van der Waals surface area contributed by atoms with Crippen molar-refractivity contribution in [2.75, 3.05) is 20.8 Å². The van der Waals surface area contributed by atoms with Gasteiger partial charge in [0.05, 0.1) is 14.2 Å². The van der Waals surface area contributed by atoms with E-state index in [0.717, 1.165) is 36.3 Å². The normalized spacial score (nSPS) is 25.1. The van der Waals surface area contributed by atoms with E-state index in [4.69, 9.17) is 9.47 Å². The van der Waals surface area contributed by atoms with Crippen molar-refractivity contribution in [3.8, 4) is 11.5 Å². The van der Waals surface area contributed by atoms with Gasteiger partial charge in [-0.3, -0.25) is 4.79 Å². The summed E-state index contributed by atoms with van der Waals surface area (Å²) in [4.78, 5) is 12.9. The van der Waals surface area contributed by atoms with E-state index in [9.17, 15) is 4.79 Å². The van der Waals surface area contributed by atoms with Gasteiger partial charge >= 0.3 is 0 Å². The van der Waals surface area contributed by atoms with Crippen LogP contribution in [0.15, 0.2) is 36.4 Å². The second kappa shape index (κ2) is 7.71. The van der Waals surface area contributed by atoms with Crippen molar-refractivity contribution in [2.45, 2.75) is 44.7 Å². The predicted molar refractivity (Wildman–Crippen MR) is 114 cm³/mol. The molecule has 1 amide bonds. The maximum Gasteiger partial charge on any atom is 0.251 e. The molecule has 0 aromatic heterocycles. The monoisotopic (exact) mass is 394 g/mol. The molecule has 154 valence electrons. The predicted octanol–water partition coefficient (Wildman–Crippen LogP) is 3.45. The zero-order chi connectivity index (χ0) is 20.6. The van der Waals surface area contributed by atoms with Crippen molar-refractivity contribution in [1.29, 1.82) is 0 Å². The first-order chi connectivity index (χ1) is 14.0. The maximum absolute atomic E-state index is 12.9. The first-order valence-corrected chi connectivity index (χ1v) is 10.3. The van der Waals surface area contributed by atoms with Crippen LogP contribution >= 0.6 is 0 Å². The summed E-state index contributed by atoms with van der Waals surface area (Å²) in [6.07, 6.45) is 2.14. The van der Waals surface area contributed by atoms with Gasteiger partial charge in [-0.2, -0.15) is 0 Å². The van der Waals surface area contributed by atoms with Gasteiger partial charge < -0.3 is 20.1 Å². The first-order valence-electron chi connectivity index (χ1n) is 10.3. The number of piperidine rings is 1. The molecule has 1 aliphatic heterocycles. The van der Waals surface area contributed by atoms with Crippen molar-refractivity contribution in [3.63, 3.8) is 0 Å². The molecule has 0 radical (unpaired) electrons. The molecule has 1 heterocycles. The molecular weight excluding hydrogens is 364 g/mol. The van der Waals surface area contributed by atoms with Crippen LogP contribution in [0.3, 0.4) is 0 Å². The number of ether oxygens (including phenoxy) is 2. The molecular formula is C24H30N2O3. The molecule has 0 saturated carbocycles. The highest BCUT2D eigenvalue weighted by atomic mass is 16.5. The van der Waals surface area contributed by atoms with Crippen LogP contribution in [0.1, 0.15) is 47.3 Å². The highest BCUT2D eigenvalue weighted by Crippen LogP contribution is 2.46. The van der Waals surface area contributed by atoms with Crippen LogP contribution in [-0.2, 0) is 18.4 Å². The highest BCUT2D eigenvalue weighted by molar-refractivity contribution is 5.94. The minimum atomic E-state index is -0.0574. The molecule has 5 heteroatoms. The van der Waals surface area contributed by atoms with Gasteiger partial charge in [0.15, 0.2) is 0 Å². The van der Waals surface area contributed by atoms with E-state index in [1.807, 2.05) is 24.3 Å². The molecule has 1 fully saturated rings. The van der Waals surface area contributed by atoms with Gasteiger partial charge in [0, 0.05) is 29.8 Å². The van der Waals surface area contributed by atoms with E-state index in [1.165, 1.54) is 11.1 Å². The van der Waals surface area contributed by atoms with Crippen molar-refractivity contribution < 1.29 is 14.3 Å². The molecule has 4 rings (SSSR count). The Labute approximate surface area is 172 Å². The largest absolute Gasteiger partial charge is 0.497 e. The fourth-order valence-electron chi connectivity index (χ4n) is 4.93. The Hall–Kier alpha value is -2.53. The lowest BCUT2D eigenvalue weighted by Crippen LogP contribution is -2.56. The molecule has 3 atom stereocenters. The molecule has 2 N–H and O–H groups in total. The van der Waals surface area contributed by atoms with E-state index < -0.39 is 0 Å². The summed E-state index contributed by atoms with van der Waals surface area (Å²) in [6.45, 7) is 6.14. The number of hydrogen-bond donors (Lipinski definition) is 2. The van der Waals surface area contributed by atoms with E-state index in [1.54, 1.807) is 14.2 Å². The Kier molecular flexibility index (Phi) is 5.26. The molecule has 3 unspecified atom stereocenters. The van der Waals surface area contributed by atoms with Gasteiger partial charge in [-0.1, -0.05) is 19.9 Å². The first kappa shape index (κ1) is 19.8. The Morgan fingerprint density at radius 3 is 2.79 bits per heavy atom. The third-order valence-electron chi connectivity index (χ3n) is 7.02. The van der Waals surface area contributed by atoms with Crippen molar-refractivity contribution in [1.82, 2.24) is 10.6 Å². The zero-order valence-electron chi connectivity index (χ0n) is 17.7. The summed E-state index contributed by atoms with van der Waals surface area (Å²) in [5.74, 6) is 1.94.